The summed E-state index contributed by atoms with van der Waals surface area (Å²) in [6.07, 6.45) is 0. The lowest BCUT2D eigenvalue weighted by Crippen LogP contribution is -2.43. The lowest BCUT2D eigenvalue weighted by Gasteiger charge is -2.24. The Morgan fingerprint density at radius 2 is 1.65 bits per heavy atom. The Hall–Kier alpha value is -2.73. The quantitative estimate of drug-likeness (QED) is 0.753. The van der Waals surface area contributed by atoms with Crippen LogP contribution in [0.1, 0.15) is 12.5 Å². The highest BCUT2D eigenvalue weighted by molar-refractivity contribution is 6.39. The summed E-state index contributed by atoms with van der Waals surface area (Å²) in [6.45, 7) is 1.37. The molecule has 2 rings (SSSR count). The average molecular weight is 316 g/mol. The van der Waals surface area contributed by atoms with Crippen molar-refractivity contribution in [1.29, 1.82) is 0 Å². The van der Waals surface area contributed by atoms with Crippen molar-refractivity contribution in [2.24, 2.45) is 0 Å². The maximum absolute atomic E-state index is 13.4. The van der Waals surface area contributed by atoms with Crippen LogP contribution in [0.3, 0.4) is 0 Å². The first-order valence-corrected chi connectivity index (χ1v) is 7.02. The van der Waals surface area contributed by atoms with Gasteiger partial charge in [0.2, 0.25) is 0 Å². The predicted molar refractivity (Wildman–Crippen MR) is 84.1 cm³/mol. The second kappa shape index (κ2) is 7.02. The first kappa shape index (κ1) is 16.6. The SMILES string of the molecule is CC(O)(CNC(=O)C(=O)Nc1ccccc1F)c1ccccc1. The van der Waals surface area contributed by atoms with E-state index in [4.69, 9.17) is 0 Å². The van der Waals surface area contributed by atoms with Gasteiger partial charge >= 0.3 is 11.8 Å². The number of hydrogen-bond acceptors (Lipinski definition) is 3. The van der Waals surface area contributed by atoms with E-state index in [1.165, 1.54) is 31.2 Å². The highest BCUT2D eigenvalue weighted by Gasteiger charge is 2.25. The fourth-order valence-electron chi connectivity index (χ4n) is 1.97. The summed E-state index contributed by atoms with van der Waals surface area (Å²) in [5, 5.41) is 14.9. The van der Waals surface area contributed by atoms with Crippen molar-refractivity contribution in [3.05, 3.63) is 66.0 Å². The molecule has 0 aliphatic carbocycles. The number of benzene rings is 2. The van der Waals surface area contributed by atoms with Crippen LogP contribution >= 0.6 is 0 Å². The molecule has 0 spiro atoms. The van der Waals surface area contributed by atoms with Crippen molar-refractivity contribution in [1.82, 2.24) is 5.32 Å². The van der Waals surface area contributed by atoms with Gasteiger partial charge in [0.15, 0.2) is 0 Å². The molecular weight excluding hydrogens is 299 g/mol. The molecule has 0 aliphatic heterocycles. The summed E-state index contributed by atoms with van der Waals surface area (Å²) < 4.78 is 13.4. The first-order chi connectivity index (χ1) is 10.9. The van der Waals surface area contributed by atoms with Crippen LogP contribution < -0.4 is 10.6 Å². The fraction of sp³-hybridized carbons (Fsp3) is 0.176. The van der Waals surface area contributed by atoms with Crippen molar-refractivity contribution >= 4 is 17.5 Å². The van der Waals surface area contributed by atoms with Crippen LogP contribution in [0.2, 0.25) is 0 Å². The molecule has 1 unspecified atom stereocenters. The van der Waals surface area contributed by atoms with E-state index >= 15 is 0 Å². The maximum Gasteiger partial charge on any atom is 0.313 e. The second-order valence-corrected chi connectivity index (χ2v) is 5.26. The van der Waals surface area contributed by atoms with E-state index in [-0.39, 0.29) is 12.2 Å². The second-order valence-electron chi connectivity index (χ2n) is 5.26. The summed E-state index contributed by atoms with van der Waals surface area (Å²) in [7, 11) is 0. The summed E-state index contributed by atoms with van der Waals surface area (Å²) in [6, 6.07) is 14.3. The number of nitrogens with one attached hydrogen (secondary N) is 2. The van der Waals surface area contributed by atoms with Crippen LogP contribution in [-0.2, 0) is 15.2 Å². The molecule has 2 aromatic rings. The minimum atomic E-state index is -1.32. The lowest BCUT2D eigenvalue weighted by atomic mass is 9.96. The molecule has 0 heterocycles. The Labute approximate surface area is 133 Å². The van der Waals surface area contributed by atoms with Crippen LogP contribution in [0.25, 0.3) is 0 Å². The van der Waals surface area contributed by atoms with Crippen molar-refractivity contribution in [2.45, 2.75) is 12.5 Å². The molecule has 2 aromatic carbocycles. The number of carbonyl (C=O) groups is 2. The van der Waals surface area contributed by atoms with Gasteiger partial charge in [-0.15, -0.1) is 0 Å². The van der Waals surface area contributed by atoms with Crippen LogP contribution in [0.4, 0.5) is 10.1 Å². The summed E-state index contributed by atoms with van der Waals surface area (Å²) in [4.78, 5) is 23.5. The van der Waals surface area contributed by atoms with Crippen LogP contribution in [0.15, 0.2) is 54.6 Å². The lowest BCUT2D eigenvalue weighted by molar-refractivity contribution is -0.136. The van der Waals surface area contributed by atoms with Gasteiger partial charge in [0.05, 0.1) is 12.2 Å². The maximum atomic E-state index is 13.4. The number of hydrogen-bond donors (Lipinski definition) is 3. The van der Waals surface area contributed by atoms with E-state index in [2.05, 4.69) is 10.6 Å². The highest BCUT2D eigenvalue weighted by atomic mass is 19.1. The number of anilines is 1. The number of amides is 2. The first-order valence-electron chi connectivity index (χ1n) is 7.02. The molecule has 0 fully saturated rings. The Kier molecular flexibility index (Phi) is 5.08. The third kappa shape index (κ3) is 4.37. The molecule has 0 saturated carbocycles. The standard InChI is InChI=1S/C17H17FN2O3/c1-17(23,12-7-3-2-4-8-12)11-19-15(21)16(22)20-14-10-6-5-9-13(14)18/h2-10,23H,11H2,1H3,(H,19,21)(H,20,22). The summed E-state index contributed by atoms with van der Waals surface area (Å²) in [5.41, 5.74) is -0.799. The molecule has 5 nitrogen and oxygen atoms in total. The molecule has 6 heteroatoms. The molecule has 120 valence electrons. The molecule has 0 aliphatic rings. The minimum absolute atomic E-state index is 0.0810. The normalized spacial score (nSPS) is 13.0. The van der Waals surface area contributed by atoms with Gasteiger partial charge in [-0.2, -0.15) is 0 Å². The number of aliphatic hydroxyl groups is 1. The molecule has 1 atom stereocenters. The van der Waals surface area contributed by atoms with Gasteiger partial charge in [-0.05, 0) is 24.6 Å². The van der Waals surface area contributed by atoms with Gasteiger partial charge in [0, 0.05) is 0 Å². The van der Waals surface area contributed by atoms with Crippen LogP contribution in [0, 0.1) is 5.82 Å². The van der Waals surface area contributed by atoms with Gasteiger partial charge in [-0.25, -0.2) is 4.39 Å². The molecule has 0 radical (unpaired) electrons. The Morgan fingerprint density at radius 3 is 2.30 bits per heavy atom. The number of halogens is 1. The van der Waals surface area contributed by atoms with Crippen LogP contribution in [0.5, 0.6) is 0 Å². The highest BCUT2D eigenvalue weighted by Crippen LogP contribution is 2.19. The number of para-hydroxylation sites is 1. The van der Waals surface area contributed by atoms with Crippen molar-refractivity contribution in [2.75, 3.05) is 11.9 Å². The number of rotatable bonds is 4. The summed E-state index contributed by atoms with van der Waals surface area (Å²) in [5.74, 6) is -2.59. The molecular formula is C17H17FN2O3. The minimum Gasteiger partial charge on any atom is -0.384 e. The third-order valence-corrected chi connectivity index (χ3v) is 3.32. The van der Waals surface area contributed by atoms with E-state index in [0.717, 1.165) is 0 Å². The van der Waals surface area contributed by atoms with Crippen molar-refractivity contribution < 1.29 is 19.1 Å². The third-order valence-electron chi connectivity index (χ3n) is 3.32. The monoisotopic (exact) mass is 316 g/mol. The molecule has 0 bridgehead atoms. The number of carbonyl (C=O) groups excluding carboxylic acids is 2. The Balaban J connectivity index is 1.94. The van der Waals surface area contributed by atoms with Gasteiger partial charge in [0.1, 0.15) is 11.4 Å². The van der Waals surface area contributed by atoms with E-state index < -0.39 is 23.2 Å². The summed E-state index contributed by atoms with van der Waals surface area (Å²) >= 11 is 0. The Morgan fingerprint density at radius 1 is 1.04 bits per heavy atom. The van der Waals surface area contributed by atoms with E-state index in [0.29, 0.717) is 5.56 Å². The molecule has 3 N–H and O–H groups in total. The zero-order valence-electron chi connectivity index (χ0n) is 12.5. The zero-order chi connectivity index (χ0) is 16.9. The molecule has 23 heavy (non-hydrogen) atoms. The van der Waals surface area contributed by atoms with Crippen LogP contribution in [-0.4, -0.2) is 23.5 Å². The largest absolute Gasteiger partial charge is 0.384 e. The molecule has 2 amide bonds. The van der Waals surface area contributed by atoms with Gasteiger partial charge < -0.3 is 15.7 Å². The van der Waals surface area contributed by atoms with Crippen molar-refractivity contribution in [3.63, 3.8) is 0 Å². The van der Waals surface area contributed by atoms with Crippen molar-refractivity contribution in [3.8, 4) is 0 Å². The molecule has 0 aromatic heterocycles. The molecule has 0 saturated heterocycles. The van der Waals surface area contributed by atoms with E-state index in [9.17, 15) is 19.1 Å². The Bertz CT molecular complexity index is 702. The van der Waals surface area contributed by atoms with Gasteiger partial charge in [-0.1, -0.05) is 42.5 Å². The predicted octanol–water partition coefficient (Wildman–Crippen LogP) is 1.79. The van der Waals surface area contributed by atoms with E-state index in [1.54, 1.807) is 30.3 Å². The fourth-order valence-corrected chi connectivity index (χ4v) is 1.97. The average Bonchev–Trinajstić information content (AvgIpc) is 2.55. The van der Waals surface area contributed by atoms with E-state index in [1.807, 2.05) is 0 Å². The van der Waals surface area contributed by atoms with Gasteiger partial charge in [0.25, 0.3) is 0 Å². The smallest absolute Gasteiger partial charge is 0.313 e. The zero-order valence-corrected chi connectivity index (χ0v) is 12.5. The topological polar surface area (TPSA) is 78.4 Å². The van der Waals surface area contributed by atoms with Gasteiger partial charge in [-0.3, -0.25) is 9.59 Å².